The van der Waals surface area contributed by atoms with E-state index in [0.29, 0.717) is 5.41 Å². The van der Waals surface area contributed by atoms with Crippen LogP contribution in [0.25, 0.3) is 0 Å². The van der Waals surface area contributed by atoms with E-state index in [1.165, 1.54) is 38.9 Å². The van der Waals surface area contributed by atoms with Crippen LogP contribution >= 0.6 is 0 Å². The zero-order chi connectivity index (χ0) is 9.90. The summed E-state index contributed by atoms with van der Waals surface area (Å²) in [5.41, 5.74) is 0.519. The van der Waals surface area contributed by atoms with Gasteiger partial charge in [0.15, 0.2) is 0 Å². The van der Waals surface area contributed by atoms with E-state index in [2.05, 4.69) is 32.6 Å². The van der Waals surface area contributed by atoms with Gasteiger partial charge in [0.05, 0.1) is 0 Å². The van der Waals surface area contributed by atoms with Gasteiger partial charge in [0.1, 0.15) is 0 Å². The molecule has 0 aromatic carbocycles. The fourth-order valence-electron chi connectivity index (χ4n) is 2.06. The molecule has 1 heteroatoms. The Hall–Kier alpha value is -0.0400. The molecule has 0 radical (unpaired) electrons. The third-order valence-electron chi connectivity index (χ3n) is 2.91. The van der Waals surface area contributed by atoms with Crippen LogP contribution in [0, 0.1) is 11.3 Å². The molecule has 0 bridgehead atoms. The molecule has 1 fully saturated rings. The molecule has 0 amide bonds. The average molecular weight is 183 g/mol. The van der Waals surface area contributed by atoms with Gasteiger partial charge in [0.2, 0.25) is 0 Å². The van der Waals surface area contributed by atoms with Crippen molar-refractivity contribution in [1.29, 1.82) is 0 Å². The largest absolute Gasteiger partial charge is 0.303 e. The maximum atomic E-state index is 2.62. The molecule has 0 saturated carbocycles. The summed E-state index contributed by atoms with van der Waals surface area (Å²) in [6.45, 7) is 13.4. The minimum absolute atomic E-state index is 0.519. The molecule has 0 aromatic heterocycles. The molecule has 1 aliphatic heterocycles. The van der Waals surface area contributed by atoms with Crippen molar-refractivity contribution < 1.29 is 0 Å². The quantitative estimate of drug-likeness (QED) is 0.649. The Morgan fingerprint density at radius 3 is 2.46 bits per heavy atom. The van der Waals surface area contributed by atoms with E-state index in [-0.39, 0.29) is 0 Å². The minimum atomic E-state index is 0.519. The van der Waals surface area contributed by atoms with Crippen LogP contribution in [0.2, 0.25) is 0 Å². The van der Waals surface area contributed by atoms with Crippen LogP contribution in [0.3, 0.4) is 0 Å². The number of hydrogen-bond acceptors (Lipinski definition) is 1. The number of rotatable bonds is 3. The third-order valence-corrected chi connectivity index (χ3v) is 2.91. The predicted octanol–water partition coefficient (Wildman–Crippen LogP) is 3.15. The van der Waals surface area contributed by atoms with Crippen molar-refractivity contribution in [1.82, 2.24) is 4.90 Å². The number of hydrogen-bond donors (Lipinski definition) is 0. The first kappa shape index (κ1) is 11.0. The predicted molar refractivity (Wildman–Crippen MR) is 58.9 cm³/mol. The van der Waals surface area contributed by atoms with Crippen molar-refractivity contribution in [2.75, 3.05) is 19.6 Å². The molecule has 1 atom stereocenters. The lowest BCUT2D eigenvalue weighted by atomic mass is 9.90. The summed E-state index contributed by atoms with van der Waals surface area (Å²) in [6.07, 6.45) is 4.14. The van der Waals surface area contributed by atoms with Gasteiger partial charge in [-0.2, -0.15) is 0 Å². The van der Waals surface area contributed by atoms with Gasteiger partial charge in [-0.3, -0.25) is 0 Å². The molecular formula is C12H25N. The lowest BCUT2D eigenvalue weighted by Crippen LogP contribution is -2.22. The normalized spacial score (nSPS) is 25.4. The van der Waals surface area contributed by atoms with E-state index >= 15 is 0 Å². The second kappa shape index (κ2) is 4.45. The molecule has 1 saturated heterocycles. The van der Waals surface area contributed by atoms with E-state index in [4.69, 9.17) is 0 Å². The van der Waals surface area contributed by atoms with Crippen LogP contribution in [-0.4, -0.2) is 24.5 Å². The molecule has 0 aromatic rings. The van der Waals surface area contributed by atoms with Crippen LogP contribution in [0.5, 0.6) is 0 Å². The summed E-state index contributed by atoms with van der Waals surface area (Å²) in [5.74, 6) is 0.939. The van der Waals surface area contributed by atoms with Crippen molar-refractivity contribution >= 4 is 0 Å². The summed E-state index contributed by atoms with van der Waals surface area (Å²) in [6, 6.07) is 0. The van der Waals surface area contributed by atoms with Crippen LogP contribution < -0.4 is 0 Å². The van der Waals surface area contributed by atoms with Crippen molar-refractivity contribution in [3.63, 3.8) is 0 Å². The first-order valence-corrected chi connectivity index (χ1v) is 5.70. The van der Waals surface area contributed by atoms with E-state index < -0.39 is 0 Å². The Bertz CT molecular complexity index is 146. The summed E-state index contributed by atoms with van der Waals surface area (Å²) >= 11 is 0. The standard InChI is InChI=1S/C12H25N/c1-11-6-9-13(10-11)8-5-7-12(2,3)4/h11H,5-10H2,1-4H3/t11-/m1/s1. The maximum Gasteiger partial charge on any atom is 0.000750 e. The molecule has 13 heavy (non-hydrogen) atoms. The lowest BCUT2D eigenvalue weighted by Gasteiger charge is -2.21. The van der Waals surface area contributed by atoms with Crippen molar-refractivity contribution in [2.45, 2.75) is 47.0 Å². The zero-order valence-corrected chi connectivity index (χ0v) is 9.77. The summed E-state index contributed by atoms with van der Waals surface area (Å²) in [5, 5.41) is 0. The fourth-order valence-corrected chi connectivity index (χ4v) is 2.06. The van der Waals surface area contributed by atoms with Crippen LogP contribution in [0.15, 0.2) is 0 Å². The van der Waals surface area contributed by atoms with E-state index in [0.717, 1.165) is 5.92 Å². The van der Waals surface area contributed by atoms with E-state index in [1.54, 1.807) is 0 Å². The molecule has 0 N–H and O–H groups in total. The van der Waals surface area contributed by atoms with Crippen LogP contribution in [0.4, 0.5) is 0 Å². The second-order valence-corrected chi connectivity index (χ2v) is 5.86. The maximum absolute atomic E-state index is 2.62. The monoisotopic (exact) mass is 183 g/mol. The van der Waals surface area contributed by atoms with Gasteiger partial charge in [-0.1, -0.05) is 27.7 Å². The first-order valence-electron chi connectivity index (χ1n) is 5.70. The minimum Gasteiger partial charge on any atom is -0.303 e. The van der Waals surface area contributed by atoms with Gasteiger partial charge in [-0.25, -0.2) is 0 Å². The van der Waals surface area contributed by atoms with Gasteiger partial charge >= 0.3 is 0 Å². The first-order chi connectivity index (χ1) is 5.97. The zero-order valence-electron chi connectivity index (χ0n) is 9.77. The molecule has 1 heterocycles. The Morgan fingerprint density at radius 1 is 1.31 bits per heavy atom. The highest BCUT2D eigenvalue weighted by molar-refractivity contribution is 4.72. The Balaban J connectivity index is 2.07. The van der Waals surface area contributed by atoms with Crippen molar-refractivity contribution in [3.8, 4) is 0 Å². The highest BCUT2D eigenvalue weighted by Gasteiger charge is 2.18. The van der Waals surface area contributed by atoms with Gasteiger partial charge < -0.3 is 4.90 Å². The molecule has 1 rings (SSSR count). The molecule has 78 valence electrons. The highest BCUT2D eigenvalue weighted by Crippen LogP contribution is 2.22. The third kappa shape index (κ3) is 4.66. The summed E-state index contributed by atoms with van der Waals surface area (Å²) < 4.78 is 0. The Morgan fingerprint density at radius 2 is 2.00 bits per heavy atom. The molecule has 0 spiro atoms. The lowest BCUT2D eigenvalue weighted by molar-refractivity contribution is 0.283. The SMILES string of the molecule is C[C@@H]1CCN(CCCC(C)(C)C)C1. The van der Waals surface area contributed by atoms with Crippen LogP contribution in [-0.2, 0) is 0 Å². The topological polar surface area (TPSA) is 3.24 Å². The fraction of sp³-hybridized carbons (Fsp3) is 1.00. The Kier molecular flexibility index (Phi) is 3.78. The molecule has 0 aliphatic carbocycles. The number of nitrogens with zero attached hydrogens (tertiary/aromatic N) is 1. The molecule has 1 aliphatic rings. The second-order valence-electron chi connectivity index (χ2n) is 5.86. The van der Waals surface area contributed by atoms with E-state index in [9.17, 15) is 0 Å². The molecule has 1 nitrogen and oxygen atoms in total. The summed E-state index contributed by atoms with van der Waals surface area (Å²) in [4.78, 5) is 2.62. The summed E-state index contributed by atoms with van der Waals surface area (Å²) in [7, 11) is 0. The smallest absolute Gasteiger partial charge is 0.000750 e. The molecular weight excluding hydrogens is 158 g/mol. The van der Waals surface area contributed by atoms with Gasteiger partial charge in [0.25, 0.3) is 0 Å². The number of likely N-dealkylation sites (tertiary alicyclic amines) is 1. The average Bonchev–Trinajstić information content (AvgIpc) is 2.33. The van der Waals surface area contributed by atoms with Gasteiger partial charge in [0, 0.05) is 6.54 Å². The van der Waals surface area contributed by atoms with Gasteiger partial charge in [-0.05, 0) is 43.7 Å². The van der Waals surface area contributed by atoms with Crippen molar-refractivity contribution in [3.05, 3.63) is 0 Å². The van der Waals surface area contributed by atoms with Crippen molar-refractivity contribution in [2.24, 2.45) is 11.3 Å². The van der Waals surface area contributed by atoms with E-state index in [1.807, 2.05) is 0 Å². The Labute approximate surface area is 83.5 Å². The molecule has 0 unspecified atom stereocenters. The van der Waals surface area contributed by atoms with Crippen LogP contribution in [0.1, 0.15) is 47.0 Å². The highest BCUT2D eigenvalue weighted by atomic mass is 15.1. The van der Waals surface area contributed by atoms with Gasteiger partial charge in [-0.15, -0.1) is 0 Å².